The third-order valence-electron chi connectivity index (χ3n) is 4.12. The summed E-state index contributed by atoms with van der Waals surface area (Å²) in [7, 11) is 0. The second-order valence-corrected chi connectivity index (χ2v) is 7.29. The number of halogens is 1. The Hall–Kier alpha value is -2.97. The number of nitrogens with one attached hydrogen (secondary N) is 1. The number of hydrogen-bond donors (Lipinski definition) is 1. The molecule has 2 aromatic heterocycles. The molecule has 1 N–H and O–H groups in total. The van der Waals surface area contributed by atoms with Gasteiger partial charge in [0.15, 0.2) is 5.82 Å². The van der Waals surface area contributed by atoms with Gasteiger partial charge in [-0.25, -0.2) is 5.10 Å². The monoisotopic (exact) mass is 468 g/mol. The van der Waals surface area contributed by atoms with Crippen molar-refractivity contribution in [2.24, 2.45) is 5.10 Å². The zero-order valence-corrected chi connectivity index (χ0v) is 17.9. The number of aromatic nitrogens is 3. The summed E-state index contributed by atoms with van der Waals surface area (Å²) >= 11 is 8.87. The lowest BCUT2D eigenvalue weighted by atomic mass is 10.2. The van der Waals surface area contributed by atoms with Gasteiger partial charge in [0.25, 0.3) is 0 Å². The highest BCUT2D eigenvalue weighted by Gasteiger charge is 2.10. The maximum absolute atomic E-state index is 5.91. The minimum atomic E-state index is 0.385. The van der Waals surface area contributed by atoms with Crippen LogP contribution in [0.15, 0.2) is 74.7 Å². The number of aromatic amines is 1. The van der Waals surface area contributed by atoms with E-state index in [4.69, 9.17) is 21.4 Å². The van der Waals surface area contributed by atoms with Gasteiger partial charge in [0.1, 0.15) is 17.3 Å². The van der Waals surface area contributed by atoms with Gasteiger partial charge in [0, 0.05) is 15.6 Å². The first-order chi connectivity index (χ1) is 14.2. The summed E-state index contributed by atoms with van der Waals surface area (Å²) in [4.78, 5) is 0. The summed E-state index contributed by atoms with van der Waals surface area (Å²) in [6, 6.07) is 19.3. The Morgan fingerprint density at radius 1 is 1.21 bits per heavy atom. The highest BCUT2D eigenvalue weighted by molar-refractivity contribution is 9.10. The highest BCUT2D eigenvalue weighted by atomic mass is 79.9. The van der Waals surface area contributed by atoms with E-state index in [-0.39, 0.29) is 0 Å². The number of ether oxygens (including phenoxy) is 1. The molecule has 2 heterocycles. The molecule has 6 nitrogen and oxygen atoms in total. The van der Waals surface area contributed by atoms with Crippen LogP contribution in [0.1, 0.15) is 12.7 Å². The van der Waals surface area contributed by atoms with E-state index in [0.29, 0.717) is 23.0 Å². The zero-order chi connectivity index (χ0) is 20.2. The molecular formula is C21H17BrN4O2S. The van der Waals surface area contributed by atoms with E-state index in [1.807, 2.05) is 67.6 Å². The van der Waals surface area contributed by atoms with Gasteiger partial charge in [-0.05, 0) is 49.5 Å². The molecule has 0 aliphatic carbocycles. The van der Waals surface area contributed by atoms with Crippen LogP contribution in [0.5, 0.6) is 5.75 Å². The van der Waals surface area contributed by atoms with Crippen molar-refractivity contribution >= 4 is 34.4 Å². The van der Waals surface area contributed by atoms with Crippen LogP contribution in [0.4, 0.5) is 0 Å². The third kappa shape index (κ3) is 4.23. The number of rotatable bonds is 6. The predicted octanol–water partition coefficient (Wildman–Crippen LogP) is 5.91. The molecule has 0 spiro atoms. The number of furan rings is 1. The summed E-state index contributed by atoms with van der Waals surface area (Å²) in [6.45, 7) is 2.53. The minimum Gasteiger partial charge on any atom is -0.494 e. The lowest BCUT2D eigenvalue weighted by molar-refractivity contribution is 0.340. The Bertz CT molecular complexity index is 1230. The molecule has 0 aliphatic heterocycles. The van der Waals surface area contributed by atoms with Gasteiger partial charge in [-0.3, -0.25) is 0 Å². The maximum Gasteiger partial charge on any atom is 0.216 e. The molecule has 8 heteroatoms. The number of hydrogen-bond acceptors (Lipinski definition) is 5. The Kier molecular flexibility index (Phi) is 5.73. The standard InChI is InChI=1S/C21H17BrN4O2S/c1-2-27-15-7-5-6-14(12-15)20-24-25-21(29)26(20)23-13-16-10-11-19(28-16)17-8-3-4-9-18(17)22/h3-13H,2H2,1H3,(H,25,29)/b23-13-. The van der Waals surface area contributed by atoms with Crippen molar-refractivity contribution in [3.8, 4) is 28.5 Å². The van der Waals surface area contributed by atoms with Crippen molar-refractivity contribution in [1.29, 1.82) is 0 Å². The molecule has 0 atom stereocenters. The number of benzene rings is 2. The Labute approximate surface area is 181 Å². The molecule has 0 radical (unpaired) electrons. The van der Waals surface area contributed by atoms with Gasteiger partial charge < -0.3 is 9.15 Å². The molecule has 4 rings (SSSR count). The first-order valence-corrected chi connectivity index (χ1v) is 10.2. The van der Waals surface area contributed by atoms with E-state index >= 15 is 0 Å². The highest BCUT2D eigenvalue weighted by Crippen LogP contribution is 2.29. The van der Waals surface area contributed by atoms with Crippen LogP contribution >= 0.6 is 28.1 Å². The van der Waals surface area contributed by atoms with Crippen LogP contribution in [-0.2, 0) is 0 Å². The summed E-state index contributed by atoms with van der Waals surface area (Å²) in [5.41, 5.74) is 1.81. The fourth-order valence-electron chi connectivity index (χ4n) is 2.82. The van der Waals surface area contributed by atoms with Crippen molar-refractivity contribution in [2.45, 2.75) is 6.92 Å². The molecule has 2 aromatic carbocycles. The molecule has 0 saturated heterocycles. The molecule has 0 saturated carbocycles. The van der Waals surface area contributed by atoms with Crippen molar-refractivity contribution in [1.82, 2.24) is 14.9 Å². The van der Waals surface area contributed by atoms with Crippen molar-refractivity contribution in [3.05, 3.63) is 75.7 Å². The molecule has 29 heavy (non-hydrogen) atoms. The Balaban J connectivity index is 1.64. The summed E-state index contributed by atoms with van der Waals surface area (Å²) in [6.07, 6.45) is 1.61. The molecule has 0 unspecified atom stereocenters. The molecular weight excluding hydrogens is 452 g/mol. The molecule has 0 bridgehead atoms. The van der Waals surface area contributed by atoms with Gasteiger partial charge >= 0.3 is 0 Å². The topological polar surface area (TPSA) is 68.3 Å². The number of H-pyrrole nitrogens is 1. The fourth-order valence-corrected chi connectivity index (χ4v) is 3.48. The van der Waals surface area contributed by atoms with Crippen molar-refractivity contribution in [3.63, 3.8) is 0 Å². The van der Waals surface area contributed by atoms with Gasteiger partial charge in [0.05, 0.1) is 12.8 Å². The molecule has 4 aromatic rings. The van der Waals surface area contributed by atoms with Crippen LogP contribution in [0.25, 0.3) is 22.7 Å². The van der Waals surface area contributed by atoms with Crippen LogP contribution in [0.3, 0.4) is 0 Å². The van der Waals surface area contributed by atoms with Crippen LogP contribution < -0.4 is 4.74 Å². The van der Waals surface area contributed by atoms with Crippen molar-refractivity contribution < 1.29 is 9.15 Å². The second kappa shape index (κ2) is 8.59. The van der Waals surface area contributed by atoms with E-state index in [9.17, 15) is 0 Å². The Morgan fingerprint density at radius 2 is 2.07 bits per heavy atom. The quantitative estimate of drug-likeness (QED) is 0.282. The maximum atomic E-state index is 5.91. The summed E-state index contributed by atoms with van der Waals surface area (Å²) in [5.74, 6) is 2.70. The average molecular weight is 469 g/mol. The van der Waals surface area contributed by atoms with Crippen LogP contribution in [0.2, 0.25) is 0 Å². The van der Waals surface area contributed by atoms with E-state index in [2.05, 4.69) is 31.2 Å². The lowest BCUT2D eigenvalue weighted by Crippen LogP contribution is -1.96. The molecule has 0 fully saturated rings. The first-order valence-electron chi connectivity index (χ1n) is 8.95. The largest absolute Gasteiger partial charge is 0.494 e. The van der Waals surface area contributed by atoms with E-state index in [0.717, 1.165) is 27.1 Å². The van der Waals surface area contributed by atoms with Crippen molar-refractivity contribution in [2.75, 3.05) is 6.61 Å². The minimum absolute atomic E-state index is 0.385. The van der Waals surface area contributed by atoms with E-state index in [1.54, 1.807) is 10.9 Å². The second-order valence-electron chi connectivity index (χ2n) is 6.05. The van der Waals surface area contributed by atoms with Gasteiger partial charge in [-0.2, -0.15) is 14.9 Å². The SMILES string of the molecule is CCOc1cccc(-c2n[nH]c(=S)n2/N=C\c2ccc(-c3ccccc3Br)o2)c1. The van der Waals surface area contributed by atoms with Crippen LogP contribution in [-0.4, -0.2) is 27.7 Å². The molecule has 146 valence electrons. The average Bonchev–Trinajstić information content (AvgIpc) is 3.34. The summed E-state index contributed by atoms with van der Waals surface area (Å²) in [5, 5.41) is 11.6. The zero-order valence-electron chi connectivity index (χ0n) is 15.5. The van der Waals surface area contributed by atoms with Crippen LogP contribution in [0, 0.1) is 4.77 Å². The predicted molar refractivity (Wildman–Crippen MR) is 119 cm³/mol. The first kappa shape index (κ1) is 19.4. The van der Waals surface area contributed by atoms with E-state index in [1.165, 1.54) is 0 Å². The normalized spacial score (nSPS) is 11.2. The number of nitrogens with zero attached hydrogens (tertiary/aromatic N) is 3. The molecule has 0 amide bonds. The van der Waals surface area contributed by atoms with Gasteiger partial charge in [-0.1, -0.05) is 46.3 Å². The summed E-state index contributed by atoms with van der Waals surface area (Å²) < 4.78 is 14.4. The lowest BCUT2D eigenvalue weighted by Gasteiger charge is -2.05. The van der Waals surface area contributed by atoms with Gasteiger partial charge in [-0.15, -0.1) is 0 Å². The third-order valence-corrected chi connectivity index (χ3v) is 5.08. The Morgan fingerprint density at radius 3 is 2.90 bits per heavy atom. The smallest absolute Gasteiger partial charge is 0.216 e. The van der Waals surface area contributed by atoms with E-state index < -0.39 is 0 Å². The van der Waals surface area contributed by atoms with Gasteiger partial charge in [0.2, 0.25) is 4.77 Å². The fraction of sp³-hybridized carbons (Fsp3) is 0.0952. The molecule has 0 aliphatic rings.